The van der Waals surface area contributed by atoms with E-state index in [1.165, 1.54) is 14.7 Å². The molecule has 0 spiro atoms. The third-order valence-electron chi connectivity index (χ3n) is 7.81. The molecule has 10 nitrogen and oxygen atoms in total. The van der Waals surface area contributed by atoms with Crippen molar-refractivity contribution >= 4 is 48.7 Å². The number of benzene rings is 4. The molecule has 2 aliphatic heterocycles. The van der Waals surface area contributed by atoms with Crippen LogP contribution in [0, 0.1) is 13.8 Å². The molecule has 2 aliphatic rings. The summed E-state index contributed by atoms with van der Waals surface area (Å²) in [5, 5.41) is 12.1. The van der Waals surface area contributed by atoms with E-state index in [9.17, 15) is 26.4 Å². The van der Waals surface area contributed by atoms with E-state index in [4.69, 9.17) is 5.21 Å². The molecule has 12 heteroatoms. The van der Waals surface area contributed by atoms with Crippen molar-refractivity contribution < 1.29 is 31.6 Å². The fourth-order valence-electron chi connectivity index (χ4n) is 5.31. The zero-order valence-electron chi connectivity index (χ0n) is 25.3. The highest BCUT2D eigenvalue weighted by Crippen LogP contribution is 2.32. The molecule has 0 bridgehead atoms. The van der Waals surface area contributed by atoms with Crippen molar-refractivity contribution in [3.8, 4) is 0 Å². The maximum atomic E-state index is 13.0. The highest BCUT2D eigenvalue weighted by Gasteiger charge is 2.33. The van der Waals surface area contributed by atoms with Crippen LogP contribution in [0.3, 0.4) is 0 Å². The molecule has 238 valence electrons. The standard InChI is InChI=1S/C17H16N2O4S.C17H17NO3S/c1-12-6-8-13(9-7-12)24(22,23)19-11-10-15(18-21)17(20)14-4-2-3-5-16(14)19;1-13-8-10-14(11-9-13)22(20,21)18-12-4-7-17(19)15-5-2-3-6-16(15)18/h2-9,21H,10-11H2,1H3;2-3,5-6,8-11H,4,7,12H2,1H3/b18-15+;. The van der Waals surface area contributed by atoms with E-state index in [1.54, 1.807) is 91.0 Å². The summed E-state index contributed by atoms with van der Waals surface area (Å²) in [6.45, 7) is 4.13. The first-order valence-electron chi connectivity index (χ1n) is 14.6. The second kappa shape index (κ2) is 13.3. The second-order valence-corrected chi connectivity index (χ2v) is 14.7. The van der Waals surface area contributed by atoms with Crippen LogP contribution in [-0.2, 0) is 20.0 Å². The first-order chi connectivity index (χ1) is 21.9. The molecule has 6 rings (SSSR count). The third kappa shape index (κ3) is 6.44. The minimum atomic E-state index is -3.83. The van der Waals surface area contributed by atoms with E-state index in [-0.39, 0.29) is 39.8 Å². The maximum absolute atomic E-state index is 13.0. The van der Waals surface area contributed by atoms with Crippen molar-refractivity contribution in [3.63, 3.8) is 0 Å². The van der Waals surface area contributed by atoms with Gasteiger partial charge in [-0.15, -0.1) is 0 Å². The van der Waals surface area contributed by atoms with Gasteiger partial charge in [0.25, 0.3) is 20.0 Å². The summed E-state index contributed by atoms with van der Waals surface area (Å²) in [5.74, 6) is -0.466. The van der Waals surface area contributed by atoms with Crippen LogP contribution in [0.5, 0.6) is 0 Å². The predicted molar refractivity (Wildman–Crippen MR) is 176 cm³/mol. The number of aryl methyl sites for hydroxylation is 2. The number of hydrogen-bond acceptors (Lipinski definition) is 8. The van der Waals surface area contributed by atoms with Crippen LogP contribution < -0.4 is 8.61 Å². The average Bonchev–Trinajstić information content (AvgIpc) is 3.31. The smallest absolute Gasteiger partial charge is 0.264 e. The van der Waals surface area contributed by atoms with Crippen LogP contribution in [0.25, 0.3) is 0 Å². The molecule has 0 radical (unpaired) electrons. The minimum absolute atomic E-state index is 0.00259. The Labute approximate surface area is 268 Å². The summed E-state index contributed by atoms with van der Waals surface area (Å²) in [4.78, 5) is 25.0. The Balaban J connectivity index is 0.000000182. The Bertz CT molecular complexity index is 2020. The van der Waals surface area contributed by atoms with Crippen LogP contribution >= 0.6 is 0 Å². The lowest BCUT2D eigenvalue weighted by molar-refractivity contribution is 0.0983. The molecule has 1 N–H and O–H groups in total. The molecule has 0 atom stereocenters. The first-order valence-corrected chi connectivity index (χ1v) is 17.5. The number of nitrogens with zero attached hydrogens (tertiary/aromatic N) is 3. The predicted octanol–water partition coefficient (Wildman–Crippen LogP) is 5.77. The fourth-order valence-corrected chi connectivity index (χ4v) is 8.32. The quantitative estimate of drug-likeness (QED) is 0.216. The molecule has 46 heavy (non-hydrogen) atoms. The molecule has 0 aromatic heterocycles. The summed E-state index contributed by atoms with van der Waals surface area (Å²) in [5.41, 5.74) is 3.37. The van der Waals surface area contributed by atoms with Gasteiger partial charge >= 0.3 is 0 Å². The summed E-state index contributed by atoms with van der Waals surface area (Å²) in [6.07, 6.45) is 0.935. The fraction of sp³-hybridized carbons (Fsp3) is 0.206. The zero-order valence-corrected chi connectivity index (χ0v) is 27.0. The van der Waals surface area contributed by atoms with Crippen LogP contribution in [0.2, 0.25) is 0 Å². The molecule has 2 heterocycles. The third-order valence-corrected chi connectivity index (χ3v) is 11.5. The number of anilines is 2. The number of rotatable bonds is 4. The lowest BCUT2D eigenvalue weighted by atomic mass is 10.1. The van der Waals surface area contributed by atoms with Gasteiger partial charge in [0.15, 0.2) is 5.78 Å². The second-order valence-electron chi connectivity index (χ2n) is 11.0. The van der Waals surface area contributed by atoms with Crippen molar-refractivity contribution in [2.45, 2.75) is 42.9 Å². The molecule has 0 unspecified atom stereocenters. The number of para-hydroxylation sites is 2. The normalized spacial score (nSPS) is 16.1. The highest BCUT2D eigenvalue weighted by molar-refractivity contribution is 7.93. The Kier molecular flexibility index (Phi) is 9.40. The molecule has 4 aromatic carbocycles. The van der Waals surface area contributed by atoms with E-state index in [2.05, 4.69) is 5.16 Å². The average molecular weight is 660 g/mol. The maximum Gasteiger partial charge on any atom is 0.264 e. The van der Waals surface area contributed by atoms with Gasteiger partial charge in [0, 0.05) is 37.1 Å². The summed E-state index contributed by atoms with van der Waals surface area (Å²) >= 11 is 0. The van der Waals surface area contributed by atoms with Crippen LogP contribution in [0.1, 0.15) is 51.1 Å². The van der Waals surface area contributed by atoms with Crippen molar-refractivity contribution in [2.75, 3.05) is 21.7 Å². The number of oxime groups is 1. The summed E-state index contributed by atoms with van der Waals surface area (Å²) in [7, 11) is -7.48. The SMILES string of the molecule is Cc1ccc(S(=O)(=O)N2CC/C(=N\O)C(=O)c3ccccc32)cc1.Cc1ccc(S(=O)(=O)N2CCCC(=O)c3ccccc32)cc1. The molecule has 0 saturated carbocycles. The molecule has 0 aliphatic carbocycles. The zero-order chi connectivity index (χ0) is 33.1. The van der Waals surface area contributed by atoms with E-state index in [1.807, 2.05) is 13.8 Å². The first kappa shape index (κ1) is 32.6. The van der Waals surface area contributed by atoms with Gasteiger partial charge in [0.2, 0.25) is 5.78 Å². The number of hydrogen-bond donors (Lipinski definition) is 1. The van der Waals surface area contributed by atoms with E-state index >= 15 is 0 Å². The van der Waals surface area contributed by atoms with E-state index in [0.717, 1.165) is 11.1 Å². The lowest BCUT2D eigenvalue weighted by Crippen LogP contribution is -2.32. The van der Waals surface area contributed by atoms with Gasteiger partial charge < -0.3 is 5.21 Å². The van der Waals surface area contributed by atoms with Crippen LogP contribution in [-0.4, -0.2) is 52.4 Å². The van der Waals surface area contributed by atoms with Crippen LogP contribution in [0.15, 0.2) is 112 Å². The lowest BCUT2D eigenvalue weighted by Gasteiger charge is -2.24. The molecule has 4 aromatic rings. The molecular weight excluding hydrogens is 627 g/mol. The van der Waals surface area contributed by atoms with Crippen LogP contribution in [0.4, 0.5) is 11.4 Å². The van der Waals surface area contributed by atoms with Crippen molar-refractivity contribution in [1.82, 2.24) is 0 Å². The number of Topliss-reactive ketones (excluding diaryl/α,β-unsaturated/α-hetero) is 2. The van der Waals surface area contributed by atoms with Crippen molar-refractivity contribution in [3.05, 3.63) is 119 Å². The van der Waals surface area contributed by atoms with Gasteiger partial charge in [-0.05, 0) is 68.8 Å². The molecular formula is C34H33N3O7S2. The van der Waals surface area contributed by atoms with E-state index < -0.39 is 25.8 Å². The number of ketones is 2. The molecule has 0 fully saturated rings. The Morgan fingerprint density at radius 1 is 0.609 bits per heavy atom. The van der Waals surface area contributed by atoms with Gasteiger partial charge in [-0.25, -0.2) is 16.8 Å². The topological polar surface area (TPSA) is 141 Å². The van der Waals surface area contributed by atoms with E-state index in [0.29, 0.717) is 36.3 Å². The summed E-state index contributed by atoms with van der Waals surface area (Å²) < 4.78 is 54.5. The molecule has 0 saturated heterocycles. The number of carbonyl (C=O) groups excluding carboxylic acids is 2. The largest absolute Gasteiger partial charge is 0.411 e. The van der Waals surface area contributed by atoms with Gasteiger partial charge in [0.05, 0.1) is 21.2 Å². The summed E-state index contributed by atoms with van der Waals surface area (Å²) in [6, 6.07) is 26.7. The number of fused-ring (bicyclic) bond motifs is 2. The highest BCUT2D eigenvalue weighted by atomic mass is 32.2. The Hall–Kier alpha value is -4.81. The van der Waals surface area contributed by atoms with Gasteiger partial charge in [0.1, 0.15) is 5.71 Å². The van der Waals surface area contributed by atoms with Gasteiger partial charge in [-0.3, -0.25) is 18.2 Å². The number of sulfonamides is 2. The Morgan fingerprint density at radius 3 is 1.59 bits per heavy atom. The van der Waals surface area contributed by atoms with Gasteiger partial charge in [-0.2, -0.15) is 0 Å². The van der Waals surface area contributed by atoms with Crippen molar-refractivity contribution in [1.29, 1.82) is 0 Å². The minimum Gasteiger partial charge on any atom is -0.411 e. The number of carbonyl (C=O) groups is 2. The van der Waals surface area contributed by atoms with Crippen molar-refractivity contribution in [2.24, 2.45) is 5.16 Å². The Morgan fingerprint density at radius 2 is 1.07 bits per heavy atom. The monoisotopic (exact) mass is 659 g/mol. The van der Waals surface area contributed by atoms with Gasteiger partial charge in [-0.1, -0.05) is 64.8 Å². The molecule has 0 amide bonds.